The molecule has 0 saturated carbocycles. The molecule has 2 bridgehead atoms. The van der Waals surface area contributed by atoms with Gasteiger partial charge >= 0.3 is 11.9 Å². The van der Waals surface area contributed by atoms with Gasteiger partial charge in [0, 0.05) is 72.5 Å². The lowest BCUT2D eigenvalue weighted by Gasteiger charge is -2.45. The molecule has 0 radical (unpaired) electrons. The molecule has 7 rings (SSSR count). The molecule has 2 aromatic rings. The standard InChI is InChI=1S/C44H57Cl2N5O6/c1-48-31-14-15-32(48)26-33(25-31)50-19-21-51(22-20-50)38(52)27-37-41(44(54)56-3)42(39-34(45)11-8-12-35(39)46)40(43(53)55-2)36(47-37)16-13-29-9-4-5-10-30(29)28-57-24-23-49-17-6-7-18-49/h4-5,8-12,31-33,41-42H,6-7,13-28H2,1-3H3. The number of allylic oxidation sites excluding steroid dienone is 1. The lowest BCUT2D eigenvalue weighted by atomic mass is 9.73. The molecule has 1 amide bonds. The smallest absolute Gasteiger partial charge is 0.336 e. The van der Waals surface area contributed by atoms with Gasteiger partial charge in [0.15, 0.2) is 0 Å². The fraction of sp³-hybridized carbons (Fsp3) is 0.591. The zero-order valence-electron chi connectivity index (χ0n) is 33.6. The van der Waals surface area contributed by atoms with Crippen LogP contribution in [0.5, 0.6) is 0 Å². The molecular formula is C44H57Cl2N5O6. The van der Waals surface area contributed by atoms with Crippen molar-refractivity contribution in [3.05, 3.63) is 80.5 Å². The van der Waals surface area contributed by atoms with Crippen molar-refractivity contribution < 1.29 is 28.6 Å². The molecular weight excluding hydrogens is 765 g/mol. The zero-order valence-corrected chi connectivity index (χ0v) is 35.1. The van der Waals surface area contributed by atoms with Crippen molar-refractivity contribution in [2.24, 2.45) is 10.9 Å². The number of esters is 2. The first-order chi connectivity index (χ1) is 27.7. The second kappa shape index (κ2) is 19.2. The molecule has 0 aliphatic carbocycles. The van der Waals surface area contributed by atoms with Crippen molar-refractivity contribution in [2.75, 3.05) is 73.7 Å². The Morgan fingerprint density at radius 2 is 1.47 bits per heavy atom. The number of nitrogens with zero attached hydrogens (tertiary/aromatic N) is 5. The van der Waals surface area contributed by atoms with E-state index in [2.05, 4.69) is 33.9 Å². The Morgan fingerprint density at radius 1 is 0.807 bits per heavy atom. The highest BCUT2D eigenvalue weighted by Gasteiger charge is 2.47. The van der Waals surface area contributed by atoms with Crippen LogP contribution in [0, 0.1) is 5.92 Å². The summed E-state index contributed by atoms with van der Waals surface area (Å²) in [7, 11) is 4.86. The van der Waals surface area contributed by atoms with E-state index in [0.717, 1.165) is 43.9 Å². The number of carbonyl (C=O) groups is 3. The number of hydrogen-bond donors (Lipinski definition) is 0. The van der Waals surface area contributed by atoms with Gasteiger partial charge in [-0.2, -0.15) is 0 Å². The number of amides is 1. The van der Waals surface area contributed by atoms with Crippen LogP contribution in [0.2, 0.25) is 10.0 Å². The number of ether oxygens (including phenoxy) is 3. The predicted octanol–water partition coefficient (Wildman–Crippen LogP) is 6.15. The Labute approximate surface area is 347 Å². The van der Waals surface area contributed by atoms with Crippen LogP contribution in [-0.2, 0) is 41.6 Å². The van der Waals surface area contributed by atoms with Gasteiger partial charge in [0.1, 0.15) is 5.92 Å². The molecule has 57 heavy (non-hydrogen) atoms. The maximum Gasteiger partial charge on any atom is 0.336 e. The molecule has 4 unspecified atom stereocenters. The monoisotopic (exact) mass is 821 g/mol. The van der Waals surface area contributed by atoms with Crippen LogP contribution in [0.4, 0.5) is 0 Å². The highest BCUT2D eigenvalue weighted by molar-refractivity contribution is 6.36. The molecule has 4 atom stereocenters. The van der Waals surface area contributed by atoms with Gasteiger partial charge in [-0.1, -0.05) is 53.5 Å². The molecule has 5 aliphatic rings. The van der Waals surface area contributed by atoms with E-state index in [1.165, 1.54) is 52.7 Å². The number of carbonyl (C=O) groups excluding carboxylic acids is 3. The summed E-state index contributed by atoms with van der Waals surface area (Å²) in [6.07, 6.45) is 8.13. The van der Waals surface area contributed by atoms with Gasteiger partial charge in [-0.15, -0.1) is 0 Å². The molecule has 2 aromatic carbocycles. The van der Waals surface area contributed by atoms with Crippen LogP contribution in [-0.4, -0.2) is 135 Å². The third kappa shape index (κ3) is 9.45. The van der Waals surface area contributed by atoms with Crippen molar-refractivity contribution in [1.29, 1.82) is 0 Å². The fourth-order valence-electron chi connectivity index (χ4n) is 9.92. The number of aryl methyl sites for hydroxylation is 1. The summed E-state index contributed by atoms with van der Waals surface area (Å²) < 4.78 is 16.9. The van der Waals surface area contributed by atoms with E-state index in [9.17, 15) is 14.4 Å². The topological polar surface area (TPSA) is 104 Å². The molecule has 4 saturated heterocycles. The largest absolute Gasteiger partial charge is 0.468 e. The van der Waals surface area contributed by atoms with E-state index in [4.69, 9.17) is 42.4 Å². The maximum atomic E-state index is 14.2. The molecule has 308 valence electrons. The van der Waals surface area contributed by atoms with E-state index >= 15 is 0 Å². The Hall–Kier alpha value is -3.32. The van der Waals surface area contributed by atoms with E-state index in [1.807, 2.05) is 17.0 Å². The summed E-state index contributed by atoms with van der Waals surface area (Å²) in [6, 6.07) is 15.0. The molecule has 5 heterocycles. The second-order valence-electron chi connectivity index (χ2n) is 16.2. The summed E-state index contributed by atoms with van der Waals surface area (Å²) >= 11 is 13.7. The number of halogens is 2. The van der Waals surface area contributed by atoms with Gasteiger partial charge < -0.3 is 28.9 Å². The summed E-state index contributed by atoms with van der Waals surface area (Å²) in [4.78, 5) is 56.5. The van der Waals surface area contributed by atoms with Gasteiger partial charge in [0.05, 0.1) is 45.1 Å². The lowest BCUT2D eigenvalue weighted by molar-refractivity contribution is -0.143. The first kappa shape index (κ1) is 41.8. The fourth-order valence-corrected chi connectivity index (χ4v) is 10.5. The summed E-state index contributed by atoms with van der Waals surface area (Å²) in [5.74, 6) is -3.54. The van der Waals surface area contributed by atoms with Gasteiger partial charge in [-0.05, 0) is 100 Å². The predicted molar refractivity (Wildman–Crippen MR) is 222 cm³/mol. The molecule has 0 aromatic heterocycles. The summed E-state index contributed by atoms with van der Waals surface area (Å²) in [5.41, 5.74) is 3.43. The van der Waals surface area contributed by atoms with E-state index < -0.39 is 23.8 Å². The minimum absolute atomic E-state index is 0.115. The zero-order chi connectivity index (χ0) is 40.1. The van der Waals surface area contributed by atoms with Gasteiger partial charge in [-0.3, -0.25) is 19.5 Å². The quantitative estimate of drug-likeness (QED) is 0.164. The Balaban J connectivity index is 1.15. The van der Waals surface area contributed by atoms with E-state index in [-0.39, 0.29) is 27.9 Å². The third-order valence-electron chi connectivity index (χ3n) is 13.1. The minimum Gasteiger partial charge on any atom is -0.468 e. The highest BCUT2D eigenvalue weighted by Crippen LogP contribution is 2.47. The average molecular weight is 823 g/mol. The van der Waals surface area contributed by atoms with Gasteiger partial charge in [0.2, 0.25) is 5.91 Å². The van der Waals surface area contributed by atoms with E-state index in [1.54, 1.807) is 18.2 Å². The molecule has 0 spiro atoms. The average Bonchev–Trinajstić information content (AvgIpc) is 3.80. The molecule has 0 N–H and O–H groups in total. The van der Waals surface area contributed by atoms with Crippen molar-refractivity contribution in [2.45, 2.75) is 88.4 Å². The van der Waals surface area contributed by atoms with Crippen LogP contribution in [0.1, 0.15) is 74.0 Å². The number of rotatable bonds is 14. The van der Waals surface area contributed by atoms with Crippen LogP contribution in [0.25, 0.3) is 0 Å². The maximum absolute atomic E-state index is 14.2. The Bertz CT molecular complexity index is 1810. The SMILES string of the molecule is COC(=O)C1=C(CCc2ccccc2COCCN2CCCC2)N=C(CC(=O)N2CCN(C3CC4CCC(C3)N4C)CC2)C(C(=O)OC)C1c1c(Cl)cccc1Cl. The number of likely N-dealkylation sites (tertiary alicyclic amines) is 1. The highest BCUT2D eigenvalue weighted by atomic mass is 35.5. The number of hydrogen-bond acceptors (Lipinski definition) is 10. The molecule has 13 heteroatoms. The number of piperazine rings is 1. The number of benzene rings is 2. The Morgan fingerprint density at radius 3 is 2.12 bits per heavy atom. The normalized spacial score (nSPS) is 25.8. The Kier molecular flexibility index (Phi) is 14.1. The van der Waals surface area contributed by atoms with Crippen LogP contribution < -0.4 is 0 Å². The minimum atomic E-state index is -1.14. The number of aliphatic imine (C=N–C) groups is 1. The summed E-state index contributed by atoms with van der Waals surface area (Å²) in [6.45, 7) is 7.09. The van der Waals surface area contributed by atoms with Crippen molar-refractivity contribution >= 4 is 46.8 Å². The molecule has 5 aliphatic heterocycles. The van der Waals surface area contributed by atoms with E-state index in [0.29, 0.717) is 74.2 Å². The van der Waals surface area contributed by atoms with Crippen LogP contribution in [0.15, 0.2) is 58.7 Å². The number of piperidine rings is 1. The number of methoxy groups -OCH3 is 2. The number of fused-ring (bicyclic) bond motifs is 2. The third-order valence-corrected chi connectivity index (χ3v) is 13.8. The molecule has 4 fully saturated rings. The van der Waals surface area contributed by atoms with Crippen molar-refractivity contribution in [3.8, 4) is 0 Å². The van der Waals surface area contributed by atoms with Crippen molar-refractivity contribution in [1.82, 2.24) is 19.6 Å². The summed E-state index contributed by atoms with van der Waals surface area (Å²) in [5, 5.41) is 0.564. The van der Waals surface area contributed by atoms with Crippen LogP contribution >= 0.6 is 23.2 Å². The van der Waals surface area contributed by atoms with Gasteiger partial charge in [0.25, 0.3) is 0 Å². The lowest BCUT2D eigenvalue weighted by Crippen LogP contribution is -2.56. The van der Waals surface area contributed by atoms with Gasteiger partial charge in [-0.25, -0.2) is 4.79 Å². The molecule has 11 nitrogen and oxygen atoms in total. The van der Waals surface area contributed by atoms with Crippen LogP contribution in [0.3, 0.4) is 0 Å². The first-order valence-electron chi connectivity index (χ1n) is 20.7. The van der Waals surface area contributed by atoms with Crippen molar-refractivity contribution in [3.63, 3.8) is 0 Å². The second-order valence-corrected chi connectivity index (χ2v) is 17.0. The first-order valence-corrected chi connectivity index (χ1v) is 21.4.